The second-order valence-electron chi connectivity index (χ2n) is 5.59. The lowest BCUT2D eigenvalue weighted by Crippen LogP contribution is -2.27. The summed E-state index contributed by atoms with van der Waals surface area (Å²) in [5, 5.41) is 11.3. The van der Waals surface area contributed by atoms with Gasteiger partial charge in [0, 0.05) is 24.0 Å². The summed E-state index contributed by atoms with van der Waals surface area (Å²) < 4.78 is 0. The van der Waals surface area contributed by atoms with Crippen molar-refractivity contribution in [2.24, 2.45) is 0 Å². The smallest absolute Gasteiger partial charge is 0.224 e. The van der Waals surface area contributed by atoms with Crippen molar-refractivity contribution in [3.8, 4) is 0 Å². The third-order valence-electron chi connectivity index (χ3n) is 3.96. The van der Waals surface area contributed by atoms with Gasteiger partial charge in [-0.1, -0.05) is 12.1 Å². The summed E-state index contributed by atoms with van der Waals surface area (Å²) in [4.78, 5) is 15.2. The average molecular weight is 296 g/mol. The molecule has 2 aromatic heterocycles. The Bertz CT molecular complexity index is 780. The second-order valence-corrected chi connectivity index (χ2v) is 5.59. The highest BCUT2D eigenvalue weighted by molar-refractivity contribution is 5.83. The van der Waals surface area contributed by atoms with Crippen LogP contribution in [0.2, 0.25) is 0 Å². The average Bonchev–Trinajstić information content (AvgIpc) is 3.07. The van der Waals surface area contributed by atoms with E-state index in [9.17, 15) is 4.79 Å². The van der Waals surface area contributed by atoms with Crippen LogP contribution in [0.4, 0.5) is 0 Å². The molecule has 0 fully saturated rings. The number of carbonyl (C=O) groups is 1. The minimum absolute atomic E-state index is 0.0460. The van der Waals surface area contributed by atoms with Gasteiger partial charge in [0.05, 0.1) is 12.1 Å². The van der Waals surface area contributed by atoms with E-state index in [2.05, 4.69) is 20.5 Å². The number of aryl methyl sites for hydroxylation is 2. The van der Waals surface area contributed by atoms with Crippen molar-refractivity contribution >= 4 is 16.8 Å². The van der Waals surface area contributed by atoms with Crippen LogP contribution in [-0.4, -0.2) is 27.6 Å². The van der Waals surface area contributed by atoms with Crippen molar-refractivity contribution in [1.29, 1.82) is 0 Å². The number of nitrogens with one attached hydrogen (secondary N) is 3. The Hall–Kier alpha value is -2.56. The molecule has 1 amide bonds. The van der Waals surface area contributed by atoms with Crippen LogP contribution in [0.5, 0.6) is 0 Å². The van der Waals surface area contributed by atoms with E-state index < -0.39 is 0 Å². The first-order valence-electron chi connectivity index (χ1n) is 7.46. The fourth-order valence-corrected chi connectivity index (χ4v) is 2.72. The highest BCUT2D eigenvalue weighted by Crippen LogP contribution is 2.14. The highest BCUT2D eigenvalue weighted by Gasteiger charge is 2.08. The molecule has 5 heteroatoms. The van der Waals surface area contributed by atoms with Gasteiger partial charge in [-0.05, 0) is 48.9 Å². The molecule has 0 atom stereocenters. The summed E-state index contributed by atoms with van der Waals surface area (Å²) in [5.41, 5.74) is 5.35. The van der Waals surface area contributed by atoms with Crippen molar-refractivity contribution in [3.63, 3.8) is 0 Å². The number of hydrogen-bond donors (Lipinski definition) is 3. The largest absolute Gasteiger partial charge is 0.361 e. The van der Waals surface area contributed by atoms with Crippen molar-refractivity contribution in [2.75, 3.05) is 6.54 Å². The van der Waals surface area contributed by atoms with E-state index in [-0.39, 0.29) is 5.91 Å². The van der Waals surface area contributed by atoms with Gasteiger partial charge < -0.3 is 10.3 Å². The molecule has 0 aliphatic rings. The summed E-state index contributed by atoms with van der Waals surface area (Å²) >= 11 is 0. The molecule has 3 rings (SSSR count). The van der Waals surface area contributed by atoms with Crippen LogP contribution in [0.25, 0.3) is 10.9 Å². The van der Waals surface area contributed by atoms with Crippen molar-refractivity contribution < 1.29 is 4.79 Å². The summed E-state index contributed by atoms with van der Waals surface area (Å²) in [6.07, 6.45) is 3.11. The van der Waals surface area contributed by atoms with E-state index in [0.29, 0.717) is 13.0 Å². The van der Waals surface area contributed by atoms with Gasteiger partial charge >= 0.3 is 0 Å². The molecule has 0 saturated carbocycles. The topological polar surface area (TPSA) is 73.6 Å². The zero-order chi connectivity index (χ0) is 15.5. The Morgan fingerprint density at radius 1 is 1.27 bits per heavy atom. The van der Waals surface area contributed by atoms with E-state index in [1.54, 1.807) is 0 Å². The third-order valence-corrected chi connectivity index (χ3v) is 3.96. The quantitative estimate of drug-likeness (QED) is 0.676. The van der Waals surface area contributed by atoms with Crippen molar-refractivity contribution in [2.45, 2.75) is 26.7 Å². The summed E-state index contributed by atoms with van der Waals surface area (Å²) in [6, 6.07) is 8.08. The van der Waals surface area contributed by atoms with Crippen LogP contribution in [0, 0.1) is 13.8 Å². The summed E-state index contributed by atoms with van der Waals surface area (Å²) in [5.74, 6) is 0.0460. The molecule has 5 nitrogen and oxygen atoms in total. The number of aromatic nitrogens is 3. The summed E-state index contributed by atoms with van der Waals surface area (Å²) in [6.45, 7) is 4.61. The van der Waals surface area contributed by atoms with Gasteiger partial charge in [0.25, 0.3) is 0 Å². The predicted octanol–water partition coefficient (Wildman–Crippen LogP) is 2.41. The number of benzene rings is 1. The molecular weight excluding hydrogens is 276 g/mol. The van der Waals surface area contributed by atoms with Crippen LogP contribution in [0.15, 0.2) is 30.5 Å². The monoisotopic (exact) mass is 296 g/mol. The molecule has 2 heterocycles. The number of carbonyl (C=O) groups excluding carboxylic acids is 1. The lowest BCUT2D eigenvalue weighted by Gasteiger charge is -2.06. The molecule has 22 heavy (non-hydrogen) atoms. The minimum Gasteiger partial charge on any atom is -0.361 e. The molecule has 0 aliphatic carbocycles. The molecule has 0 unspecified atom stereocenters. The molecular formula is C17H20N4O. The number of H-pyrrole nitrogens is 2. The van der Waals surface area contributed by atoms with Gasteiger partial charge in [0.2, 0.25) is 5.91 Å². The molecule has 0 aliphatic heterocycles. The molecule has 0 saturated heterocycles. The molecule has 0 bridgehead atoms. The van der Waals surface area contributed by atoms with Crippen LogP contribution in [-0.2, 0) is 17.6 Å². The Balaban J connectivity index is 1.54. The predicted molar refractivity (Wildman–Crippen MR) is 86.8 cm³/mol. The number of nitrogens with zero attached hydrogens (tertiary/aromatic N) is 1. The first kappa shape index (κ1) is 14.4. The summed E-state index contributed by atoms with van der Waals surface area (Å²) in [7, 11) is 0. The molecule has 3 aromatic rings. The Morgan fingerprint density at radius 2 is 2.14 bits per heavy atom. The van der Waals surface area contributed by atoms with Gasteiger partial charge in [-0.3, -0.25) is 9.89 Å². The minimum atomic E-state index is 0.0460. The fourth-order valence-electron chi connectivity index (χ4n) is 2.72. The zero-order valence-corrected chi connectivity index (χ0v) is 12.9. The molecule has 114 valence electrons. The number of hydrogen-bond acceptors (Lipinski definition) is 2. The maximum atomic E-state index is 12.0. The van der Waals surface area contributed by atoms with E-state index in [1.807, 2.05) is 44.3 Å². The lowest BCUT2D eigenvalue weighted by atomic mass is 10.1. The Morgan fingerprint density at radius 3 is 2.91 bits per heavy atom. The molecule has 1 aromatic carbocycles. The Labute approximate surface area is 129 Å². The first-order valence-corrected chi connectivity index (χ1v) is 7.46. The van der Waals surface area contributed by atoms with Crippen LogP contribution < -0.4 is 5.32 Å². The Kier molecular flexibility index (Phi) is 3.96. The van der Waals surface area contributed by atoms with E-state index >= 15 is 0 Å². The molecule has 3 N–H and O–H groups in total. The van der Waals surface area contributed by atoms with E-state index in [1.165, 1.54) is 5.56 Å². The third kappa shape index (κ3) is 3.03. The fraction of sp³-hybridized carbons (Fsp3) is 0.294. The normalized spacial score (nSPS) is 11.0. The number of amides is 1. The van der Waals surface area contributed by atoms with Crippen molar-refractivity contribution in [3.05, 3.63) is 53.0 Å². The molecule has 0 radical (unpaired) electrons. The molecule has 0 spiro atoms. The second kappa shape index (κ2) is 6.05. The van der Waals surface area contributed by atoms with Gasteiger partial charge in [0.15, 0.2) is 0 Å². The zero-order valence-electron chi connectivity index (χ0n) is 12.9. The maximum Gasteiger partial charge on any atom is 0.224 e. The number of rotatable bonds is 5. The van der Waals surface area contributed by atoms with Gasteiger partial charge in [-0.25, -0.2) is 0 Å². The lowest BCUT2D eigenvalue weighted by molar-refractivity contribution is -0.120. The highest BCUT2D eigenvalue weighted by atomic mass is 16.1. The first-order chi connectivity index (χ1) is 10.6. The number of fused-ring (bicyclic) bond motifs is 1. The van der Waals surface area contributed by atoms with Crippen LogP contribution in [0.1, 0.15) is 22.5 Å². The van der Waals surface area contributed by atoms with E-state index in [0.717, 1.165) is 34.3 Å². The van der Waals surface area contributed by atoms with Gasteiger partial charge in [-0.2, -0.15) is 5.10 Å². The van der Waals surface area contributed by atoms with Crippen molar-refractivity contribution in [1.82, 2.24) is 20.5 Å². The maximum absolute atomic E-state index is 12.0. The standard InChI is InChI=1S/C17H20N4O/c1-11-15(12(2)21-20-11)6-8-19-17(22)10-13-3-4-14-5-7-18-16(14)9-13/h3-5,7,9,18H,6,8,10H2,1-2H3,(H,19,22)(H,20,21). The number of aromatic amines is 2. The SMILES string of the molecule is Cc1n[nH]c(C)c1CCNC(=O)Cc1ccc2cc[nH]c2c1. The van der Waals surface area contributed by atoms with E-state index in [4.69, 9.17) is 0 Å². The van der Waals surface area contributed by atoms with Gasteiger partial charge in [-0.15, -0.1) is 0 Å². The van der Waals surface area contributed by atoms with Crippen LogP contribution in [0.3, 0.4) is 0 Å². The van der Waals surface area contributed by atoms with Gasteiger partial charge in [0.1, 0.15) is 0 Å². The van der Waals surface area contributed by atoms with Crippen LogP contribution >= 0.6 is 0 Å².